The van der Waals surface area contributed by atoms with Crippen LogP contribution in [0.3, 0.4) is 0 Å². The van der Waals surface area contributed by atoms with Crippen LogP contribution in [-0.4, -0.2) is 6.29 Å². The van der Waals surface area contributed by atoms with Crippen LogP contribution in [0.25, 0.3) is 0 Å². The van der Waals surface area contributed by atoms with Gasteiger partial charge >= 0.3 is 0 Å². The lowest BCUT2D eigenvalue weighted by Crippen LogP contribution is -2.22. The first-order valence-corrected chi connectivity index (χ1v) is 3.87. The molecule has 1 rings (SSSR count). The molecular weight excluding hydrogens is 124 g/mol. The number of carbonyl (C=O) groups is 1. The summed E-state index contributed by atoms with van der Waals surface area (Å²) in [5, 5.41) is 0. The smallest absolute Gasteiger partial charge is 0.123 e. The molecule has 0 heterocycles. The van der Waals surface area contributed by atoms with E-state index in [1.54, 1.807) is 0 Å². The van der Waals surface area contributed by atoms with Crippen LogP contribution >= 0.6 is 0 Å². The van der Waals surface area contributed by atoms with Crippen molar-refractivity contribution in [1.82, 2.24) is 0 Å². The normalized spacial score (nSPS) is 39.6. The highest BCUT2D eigenvalue weighted by atomic mass is 16.1. The third kappa shape index (κ3) is 1.28. The highest BCUT2D eigenvalue weighted by Crippen LogP contribution is 2.27. The van der Waals surface area contributed by atoms with Crippen molar-refractivity contribution in [3.63, 3.8) is 0 Å². The van der Waals surface area contributed by atoms with E-state index in [4.69, 9.17) is 0 Å². The molecule has 10 heavy (non-hydrogen) atoms. The van der Waals surface area contributed by atoms with Gasteiger partial charge in [-0.1, -0.05) is 26.0 Å². The molecular formula is C9H14O. The Labute approximate surface area is 62.1 Å². The van der Waals surface area contributed by atoms with Crippen LogP contribution in [0.15, 0.2) is 12.2 Å². The number of allylic oxidation sites excluding steroid dienone is 2. The Morgan fingerprint density at radius 2 is 2.20 bits per heavy atom. The molecule has 0 unspecified atom stereocenters. The molecule has 0 spiro atoms. The zero-order chi connectivity index (χ0) is 7.56. The molecule has 0 aromatic rings. The predicted molar refractivity (Wildman–Crippen MR) is 41.6 cm³/mol. The molecule has 0 saturated carbocycles. The Morgan fingerprint density at radius 1 is 1.50 bits per heavy atom. The topological polar surface area (TPSA) is 17.1 Å². The monoisotopic (exact) mass is 138 g/mol. The summed E-state index contributed by atoms with van der Waals surface area (Å²) in [6, 6.07) is 0. The molecule has 0 aromatic heterocycles. The number of hydrogen-bond donors (Lipinski definition) is 0. The van der Waals surface area contributed by atoms with Gasteiger partial charge in [-0.15, -0.1) is 0 Å². The molecule has 0 bridgehead atoms. The van der Waals surface area contributed by atoms with Gasteiger partial charge in [0.05, 0.1) is 0 Å². The van der Waals surface area contributed by atoms with Gasteiger partial charge in [0, 0.05) is 5.92 Å². The lowest BCUT2D eigenvalue weighted by molar-refractivity contribution is -0.113. The van der Waals surface area contributed by atoms with Crippen LogP contribution < -0.4 is 0 Å². The van der Waals surface area contributed by atoms with Crippen molar-refractivity contribution in [2.75, 3.05) is 0 Å². The summed E-state index contributed by atoms with van der Waals surface area (Å²) in [4.78, 5) is 10.5. The molecule has 3 atom stereocenters. The van der Waals surface area contributed by atoms with Gasteiger partial charge in [-0.2, -0.15) is 0 Å². The Hall–Kier alpha value is -0.590. The van der Waals surface area contributed by atoms with Crippen LogP contribution in [0.4, 0.5) is 0 Å². The van der Waals surface area contributed by atoms with Crippen molar-refractivity contribution in [2.24, 2.45) is 17.8 Å². The second-order valence-electron chi connectivity index (χ2n) is 3.21. The summed E-state index contributed by atoms with van der Waals surface area (Å²) >= 11 is 0. The number of carbonyl (C=O) groups excluding carboxylic acids is 1. The second-order valence-corrected chi connectivity index (χ2v) is 3.21. The molecule has 0 fully saturated rings. The second kappa shape index (κ2) is 3.00. The Morgan fingerprint density at radius 3 is 2.60 bits per heavy atom. The summed E-state index contributed by atoms with van der Waals surface area (Å²) < 4.78 is 0. The molecule has 0 radical (unpaired) electrons. The quantitative estimate of drug-likeness (QED) is 0.400. The first kappa shape index (κ1) is 7.52. The SMILES string of the molecule is C[C@@H]1C=CC[C@@H](C)[C@H]1C=O. The van der Waals surface area contributed by atoms with E-state index in [0.717, 1.165) is 12.7 Å². The van der Waals surface area contributed by atoms with E-state index in [1.165, 1.54) is 0 Å². The fraction of sp³-hybridized carbons (Fsp3) is 0.667. The molecule has 0 amide bonds. The largest absolute Gasteiger partial charge is 0.303 e. The average Bonchev–Trinajstić information content (AvgIpc) is 1.88. The van der Waals surface area contributed by atoms with E-state index in [0.29, 0.717) is 11.8 Å². The maximum absolute atomic E-state index is 10.5. The summed E-state index contributed by atoms with van der Waals surface area (Å²) in [5.41, 5.74) is 0. The average molecular weight is 138 g/mol. The first-order chi connectivity index (χ1) is 4.75. The number of rotatable bonds is 1. The molecule has 1 aliphatic rings. The van der Waals surface area contributed by atoms with Crippen LogP contribution in [0.1, 0.15) is 20.3 Å². The highest BCUT2D eigenvalue weighted by molar-refractivity contribution is 5.55. The van der Waals surface area contributed by atoms with Crippen LogP contribution in [0, 0.1) is 17.8 Å². The van der Waals surface area contributed by atoms with Gasteiger partial charge in [0.25, 0.3) is 0 Å². The van der Waals surface area contributed by atoms with Gasteiger partial charge in [0.1, 0.15) is 6.29 Å². The van der Waals surface area contributed by atoms with Gasteiger partial charge in [-0.3, -0.25) is 0 Å². The van der Waals surface area contributed by atoms with Crippen LogP contribution in [0.2, 0.25) is 0 Å². The van der Waals surface area contributed by atoms with Crippen molar-refractivity contribution < 1.29 is 4.79 Å². The van der Waals surface area contributed by atoms with Gasteiger partial charge in [-0.05, 0) is 18.3 Å². The zero-order valence-electron chi connectivity index (χ0n) is 6.58. The molecule has 1 nitrogen and oxygen atoms in total. The van der Waals surface area contributed by atoms with Crippen LogP contribution in [-0.2, 0) is 4.79 Å². The van der Waals surface area contributed by atoms with Gasteiger partial charge in [-0.25, -0.2) is 0 Å². The molecule has 0 aliphatic heterocycles. The minimum atomic E-state index is 0.255. The Kier molecular flexibility index (Phi) is 2.25. The summed E-state index contributed by atoms with van der Waals surface area (Å²) in [6.45, 7) is 4.24. The summed E-state index contributed by atoms with van der Waals surface area (Å²) in [5.74, 6) is 1.24. The van der Waals surface area contributed by atoms with E-state index >= 15 is 0 Å². The zero-order valence-corrected chi connectivity index (χ0v) is 6.58. The van der Waals surface area contributed by atoms with Gasteiger partial charge < -0.3 is 4.79 Å². The molecule has 0 saturated heterocycles. The van der Waals surface area contributed by atoms with E-state index in [1.807, 2.05) is 0 Å². The summed E-state index contributed by atoms with van der Waals surface area (Å²) in [7, 11) is 0. The molecule has 1 aliphatic carbocycles. The molecule has 0 N–H and O–H groups in total. The van der Waals surface area contributed by atoms with E-state index in [-0.39, 0.29) is 5.92 Å². The summed E-state index contributed by atoms with van der Waals surface area (Å²) in [6.07, 6.45) is 6.47. The van der Waals surface area contributed by atoms with Crippen molar-refractivity contribution in [3.05, 3.63) is 12.2 Å². The Bertz CT molecular complexity index is 149. The minimum Gasteiger partial charge on any atom is -0.303 e. The number of hydrogen-bond acceptors (Lipinski definition) is 1. The van der Waals surface area contributed by atoms with E-state index < -0.39 is 0 Å². The minimum absolute atomic E-state index is 0.255. The number of aldehydes is 1. The van der Waals surface area contributed by atoms with Gasteiger partial charge in [0.2, 0.25) is 0 Å². The van der Waals surface area contributed by atoms with Gasteiger partial charge in [0.15, 0.2) is 0 Å². The fourth-order valence-corrected chi connectivity index (χ4v) is 1.57. The maximum atomic E-state index is 10.5. The highest BCUT2D eigenvalue weighted by Gasteiger charge is 2.23. The maximum Gasteiger partial charge on any atom is 0.123 e. The standard InChI is InChI=1S/C9H14O/c1-7-4-3-5-8(2)9(7)6-10/h3-4,6-9H,5H2,1-2H3/t7-,8-,9+/m1/s1. The Balaban J connectivity index is 2.67. The molecule has 0 aromatic carbocycles. The lowest BCUT2D eigenvalue weighted by Gasteiger charge is -2.25. The third-order valence-corrected chi connectivity index (χ3v) is 2.37. The third-order valence-electron chi connectivity index (χ3n) is 2.37. The van der Waals surface area contributed by atoms with E-state index in [9.17, 15) is 4.79 Å². The van der Waals surface area contributed by atoms with Crippen molar-refractivity contribution in [3.8, 4) is 0 Å². The van der Waals surface area contributed by atoms with Crippen molar-refractivity contribution in [2.45, 2.75) is 20.3 Å². The van der Waals surface area contributed by atoms with Crippen molar-refractivity contribution in [1.29, 1.82) is 0 Å². The van der Waals surface area contributed by atoms with Crippen LogP contribution in [0.5, 0.6) is 0 Å². The predicted octanol–water partition coefficient (Wildman–Crippen LogP) is 2.03. The molecule has 56 valence electrons. The van der Waals surface area contributed by atoms with E-state index in [2.05, 4.69) is 26.0 Å². The lowest BCUT2D eigenvalue weighted by atomic mass is 9.79. The molecule has 1 heteroatoms. The first-order valence-electron chi connectivity index (χ1n) is 3.87. The van der Waals surface area contributed by atoms with Crippen molar-refractivity contribution >= 4 is 6.29 Å². The fourth-order valence-electron chi connectivity index (χ4n) is 1.57.